The van der Waals surface area contributed by atoms with Gasteiger partial charge < -0.3 is 24.6 Å². The van der Waals surface area contributed by atoms with Crippen LogP contribution in [0, 0.1) is 0 Å². The van der Waals surface area contributed by atoms with Gasteiger partial charge >= 0.3 is 0 Å². The number of nitrogens with zero attached hydrogens (tertiary/aromatic N) is 1. The SMILES string of the molecule is COc1ccc(C(=O)CCCCCC(=O)N[C@H](CN2CCCCC2C)[C@H](O)c2ccc3c(c2)OCCO3)cc1. The van der Waals surface area contributed by atoms with Crippen LogP contribution in [0.1, 0.15) is 80.3 Å². The number of nitrogens with one attached hydrogen (secondary N) is 1. The zero-order valence-corrected chi connectivity index (χ0v) is 23.2. The molecule has 2 aliphatic heterocycles. The molecule has 2 aromatic carbocycles. The number of fused-ring (bicyclic) bond motifs is 1. The number of carbonyl (C=O) groups is 2. The standard InChI is InChI=1S/C31H42N2O6/c1-22-8-6-7-17-33(22)21-26(31(36)24-13-16-28-29(20-24)39-19-18-38-28)32-30(35)10-5-3-4-9-27(34)23-11-14-25(37-2)15-12-23/h11-16,20,22,26,31,36H,3-10,17-19,21H2,1-2H3,(H,32,35)/t22?,26-,31-/m1/s1. The van der Waals surface area contributed by atoms with Crippen LogP contribution in [0.15, 0.2) is 42.5 Å². The summed E-state index contributed by atoms with van der Waals surface area (Å²) in [6.45, 7) is 4.74. The van der Waals surface area contributed by atoms with Crippen LogP contribution in [0.5, 0.6) is 17.2 Å². The van der Waals surface area contributed by atoms with Gasteiger partial charge in [-0.05, 0) is 81.1 Å². The Bertz CT molecular complexity index is 1090. The van der Waals surface area contributed by atoms with Gasteiger partial charge in [0, 0.05) is 31.0 Å². The van der Waals surface area contributed by atoms with Gasteiger partial charge in [-0.3, -0.25) is 14.5 Å². The molecule has 1 fully saturated rings. The number of ether oxygens (including phenoxy) is 3. The molecular weight excluding hydrogens is 496 g/mol. The highest BCUT2D eigenvalue weighted by atomic mass is 16.6. The number of rotatable bonds is 13. The van der Waals surface area contributed by atoms with Crippen molar-refractivity contribution < 1.29 is 28.9 Å². The highest BCUT2D eigenvalue weighted by molar-refractivity contribution is 5.96. The van der Waals surface area contributed by atoms with Crippen LogP contribution in [-0.2, 0) is 4.79 Å². The van der Waals surface area contributed by atoms with Crippen LogP contribution in [0.3, 0.4) is 0 Å². The van der Waals surface area contributed by atoms with Crippen LogP contribution in [-0.4, -0.2) is 67.2 Å². The second-order valence-electron chi connectivity index (χ2n) is 10.6. The molecule has 0 radical (unpaired) electrons. The first-order chi connectivity index (χ1) is 18.9. The molecule has 1 amide bonds. The van der Waals surface area contributed by atoms with Crippen LogP contribution in [0.4, 0.5) is 0 Å². The zero-order valence-electron chi connectivity index (χ0n) is 23.2. The van der Waals surface area contributed by atoms with E-state index in [0.29, 0.717) is 67.7 Å². The van der Waals surface area contributed by atoms with Gasteiger partial charge in [0.2, 0.25) is 5.91 Å². The minimum atomic E-state index is -0.874. The van der Waals surface area contributed by atoms with Crippen molar-refractivity contribution in [1.82, 2.24) is 10.2 Å². The highest BCUT2D eigenvalue weighted by Gasteiger charge is 2.29. The number of benzene rings is 2. The normalized spacial score (nSPS) is 18.7. The molecule has 2 aromatic rings. The van der Waals surface area contributed by atoms with Gasteiger partial charge in [-0.25, -0.2) is 0 Å². The van der Waals surface area contributed by atoms with Crippen LogP contribution < -0.4 is 19.5 Å². The van der Waals surface area contributed by atoms with Crippen molar-refractivity contribution in [2.75, 3.05) is 33.4 Å². The van der Waals surface area contributed by atoms with E-state index >= 15 is 0 Å². The van der Waals surface area contributed by atoms with Crippen molar-refractivity contribution in [3.05, 3.63) is 53.6 Å². The van der Waals surface area contributed by atoms with Crippen molar-refractivity contribution >= 4 is 11.7 Å². The van der Waals surface area contributed by atoms with Gasteiger partial charge in [0.1, 0.15) is 25.1 Å². The van der Waals surface area contributed by atoms with Crippen molar-refractivity contribution in [2.24, 2.45) is 0 Å². The maximum Gasteiger partial charge on any atom is 0.220 e. The molecule has 2 heterocycles. The largest absolute Gasteiger partial charge is 0.497 e. The van der Waals surface area contributed by atoms with Crippen molar-refractivity contribution in [3.8, 4) is 17.2 Å². The van der Waals surface area contributed by atoms with E-state index in [9.17, 15) is 14.7 Å². The second-order valence-corrected chi connectivity index (χ2v) is 10.6. The number of Topliss-reactive ketones (excluding diaryl/α,β-unsaturated/α-hetero) is 1. The quantitative estimate of drug-likeness (QED) is 0.282. The van der Waals surface area contributed by atoms with E-state index in [0.717, 1.165) is 38.0 Å². The summed E-state index contributed by atoms with van der Waals surface area (Å²) < 4.78 is 16.5. The first-order valence-electron chi connectivity index (χ1n) is 14.2. The molecular formula is C31H42N2O6. The lowest BCUT2D eigenvalue weighted by Gasteiger charge is -2.37. The minimum Gasteiger partial charge on any atom is -0.497 e. The number of likely N-dealkylation sites (tertiary alicyclic amines) is 1. The molecule has 2 aliphatic rings. The maximum atomic E-state index is 13.0. The second kappa shape index (κ2) is 14.3. The molecule has 0 spiro atoms. The van der Waals surface area contributed by atoms with Gasteiger partial charge in [0.05, 0.1) is 13.2 Å². The number of ketones is 1. The number of amides is 1. The summed E-state index contributed by atoms with van der Waals surface area (Å²) in [5.74, 6) is 2.04. The Morgan fingerprint density at radius 2 is 1.77 bits per heavy atom. The molecule has 3 atom stereocenters. The number of aliphatic hydroxyl groups is 1. The number of piperidine rings is 1. The third-order valence-corrected chi connectivity index (χ3v) is 7.73. The van der Waals surface area contributed by atoms with Crippen LogP contribution in [0.25, 0.3) is 0 Å². The van der Waals surface area contributed by atoms with E-state index in [2.05, 4.69) is 17.1 Å². The first-order valence-corrected chi connectivity index (χ1v) is 14.2. The Hall–Kier alpha value is -3.10. The molecule has 8 heteroatoms. The number of carbonyl (C=O) groups excluding carboxylic acids is 2. The Balaban J connectivity index is 1.29. The van der Waals surface area contributed by atoms with Gasteiger partial charge in [-0.15, -0.1) is 0 Å². The van der Waals surface area contributed by atoms with E-state index in [1.165, 1.54) is 6.42 Å². The third kappa shape index (κ3) is 8.19. The van der Waals surface area contributed by atoms with E-state index in [-0.39, 0.29) is 11.7 Å². The van der Waals surface area contributed by atoms with Crippen LogP contribution >= 0.6 is 0 Å². The number of hydrogen-bond donors (Lipinski definition) is 2. The number of hydrogen-bond acceptors (Lipinski definition) is 7. The highest BCUT2D eigenvalue weighted by Crippen LogP contribution is 2.34. The van der Waals surface area contributed by atoms with Gasteiger partial charge in [-0.1, -0.05) is 18.9 Å². The summed E-state index contributed by atoms with van der Waals surface area (Å²) in [4.78, 5) is 27.8. The van der Waals surface area contributed by atoms with Crippen molar-refractivity contribution in [3.63, 3.8) is 0 Å². The molecule has 0 aromatic heterocycles. The summed E-state index contributed by atoms with van der Waals surface area (Å²) in [5.41, 5.74) is 1.38. The fraction of sp³-hybridized carbons (Fsp3) is 0.548. The monoisotopic (exact) mass is 538 g/mol. The fourth-order valence-electron chi connectivity index (χ4n) is 5.33. The maximum absolute atomic E-state index is 13.0. The predicted molar refractivity (Wildman–Crippen MR) is 150 cm³/mol. The van der Waals surface area contributed by atoms with E-state index in [1.807, 2.05) is 18.2 Å². The van der Waals surface area contributed by atoms with Crippen molar-refractivity contribution in [2.45, 2.75) is 76.5 Å². The Labute approximate surface area is 231 Å². The first kappa shape index (κ1) is 28.9. The van der Waals surface area contributed by atoms with Gasteiger partial charge in [0.25, 0.3) is 0 Å². The number of unbranched alkanes of at least 4 members (excludes halogenated alkanes) is 2. The summed E-state index contributed by atoms with van der Waals surface area (Å²) in [5, 5.41) is 14.5. The van der Waals surface area contributed by atoms with Gasteiger partial charge in [-0.2, -0.15) is 0 Å². The Kier molecular flexibility index (Phi) is 10.6. The van der Waals surface area contributed by atoms with E-state index in [4.69, 9.17) is 14.2 Å². The number of methoxy groups -OCH3 is 1. The summed E-state index contributed by atoms with van der Waals surface area (Å²) in [6, 6.07) is 12.6. The summed E-state index contributed by atoms with van der Waals surface area (Å²) in [7, 11) is 1.60. The lowest BCUT2D eigenvalue weighted by atomic mass is 9.97. The lowest BCUT2D eigenvalue weighted by Crippen LogP contribution is -2.50. The molecule has 8 nitrogen and oxygen atoms in total. The average Bonchev–Trinajstić information content (AvgIpc) is 2.97. The Morgan fingerprint density at radius 3 is 2.51 bits per heavy atom. The molecule has 39 heavy (non-hydrogen) atoms. The Morgan fingerprint density at radius 1 is 1.03 bits per heavy atom. The smallest absolute Gasteiger partial charge is 0.220 e. The molecule has 0 aliphatic carbocycles. The van der Waals surface area contributed by atoms with E-state index in [1.54, 1.807) is 31.4 Å². The molecule has 2 N–H and O–H groups in total. The van der Waals surface area contributed by atoms with Crippen LogP contribution in [0.2, 0.25) is 0 Å². The topological polar surface area (TPSA) is 97.3 Å². The third-order valence-electron chi connectivity index (χ3n) is 7.73. The molecule has 212 valence electrons. The van der Waals surface area contributed by atoms with Crippen molar-refractivity contribution in [1.29, 1.82) is 0 Å². The number of aliphatic hydroxyl groups excluding tert-OH is 1. The summed E-state index contributed by atoms with van der Waals surface area (Å²) in [6.07, 6.45) is 5.59. The predicted octanol–water partition coefficient (Wildman–Crippen LogP) is 4.69. The minimum absolute atomic E-state index is 0.0808. The average molecular weight is 539 g/mol. The molecule has 1 unspecified atom stereocenters. The fourth-order valence-corrected chi connectivity index (χ4v) is 5.33. The molecule has 0 saturated carbocycles. The summed E-state index contributed by atoms with van der Waals surface area (Å²) >= 11 is 0. The molecule has 0 bridgehead atoms. The van der Waals surface area contributed by atoms with E-state index < -0.39 is 12.1 Å². The molecule has 4 rings (SSSR count). The zero-order chi connectivity index (χ0) is 27.6. The molecule has 1 saturated heterocycles. The lowest BCUT2D eigenvalue weighted by molar-refractivity contribution is -0.123. The van der Waals surface area contributed by atoms with Gasteiger partial charge in [0.15, 0.2) is 17.3 Å².